The highest BCUT2D eigenvalue weighted by atomic mass is 35.5. The average Bonchev–Trinajstić information content (AvgIpc) is 2.80. The van der Waals surface area contributed by atoms with E-state index in [0.29, 0.717) is 30.1 Å². The predicted molar refractivity (Wildman–Crippen MR) is 122 cm³/mol. The van der Waals surface area contributed by atoms with Crippen LogP contribution in [-0.4, -0.2) is 35.4 Å². The van der Waals surface area contributed by atoms with Gasteiger partial charge in [0.2, 0.25) is 0 Å². The summed E-state index contributed by atoms with van der Waals surface area (Å²) in [7, 11) is 1.48. The van der Waals surface area contributed by atoms with Crippen LogP contribution in [0.3, 0.4) is 0 Å². The maximum absolute atomic E-state index is 12.5. The quantitative estimate of drug-likeness (QED) is 0.458. The van der Waals surface area contributed by atoms with E-state index >= 15 is 0 Å². The predicted octanol–water partition coefficient (Wildman–Crippen LogP) is 2.69. The highest BCUT2D eigenvalue weighted by Crippen LogP contribution is 2.25. The molecule has 1 unspecified atom stereocenters. The van der Waals surface area contributed by atoms with E-state index in [9.17, 15) is 9.59 Å². The Morgan fingerprint density at radius 3 is 2.41 bits per heavy atom. The Balaban J connectivity index is 1.47. The van der Waals surface area contributed by atoms with Crippen LogP contribution in [0.2, 0.25) is 5.02 Å². The molecule has 9 heteroatoms. The van der Waals surface area contributed by atoms with E-state index in [0.717, 1.165) is 11.1 Å². The molecule has 1 heterocycles. The number of ether oxygens (including phenoxy) is 1. The summed E-state index contributed by atoms with van der Waals surface area (Å²) in [6.07, 6.45) is 2.73. The van der Waals surface area contributed by atoms with Gasteiger partial charge in [-0.25, -0.2) is 9.97 Å². The number of carbonyl (C=O) groups is 2. The number of methoxy groups -OCH3 is 1. The molecule has 3 aromatic rings. The van der Waals surface area contributed by atoms with Crippen LogP contribution in [0, 0.1) is 0 Å². The first-order valence-electron chi connectivity index (χ1n) is 9.97. The lowest BCUT2D eigenvalue weighted by molar-refractivity contribution is -0.131. The normalized spacial score (nSPS) is 11.6. The molecule has 1 atom stereocenters. The number of benzene rings is 2. The first-order chi connectivity index (χ1) is 15.5. The molecule has 0 spiro atoms. The minimum absolute atomic E-state index is 0.0904. The van der Waals surface area contributed by atoms with Gasteiger partial charge in [0, 0.05) is 43.2 Å². The Bertz CT molecular complexity index is 1080. The molecular formula is C23H24ClN5O3. The summed E-state index contributed by atoms with van der Waals surface area (Å²) >= 11 is 6.18. The van der Waals surface area contributed by atoms with Crippen molar-refractivity contribution < 1.29 is 14.3 Å². The fourth-order valence-corrected chi connectivity index (χ4v) is 3.33. The van der Waals surface area contributed by atoms with E-state index in [-0.39, 0.29) is 23.3 Å². The van der Waals surface area contributed by atoms with Gasteiger partial charge in [0.15, 0.2) is 17.6 Å². The Morgan fingerprint density at radius 2 is 1.72 bits per heavy atom. The zero-order valence-corrected chi connectivity index (χ0v) is 18.3. The second-order valence-electron chi connectivity index (χ2n) is 6.97. The Hall–Kier alpha value is -3.49. The number of hydrogen-bond donors (Lipinski definition) is 3. The van der Waals surface area contributed by atoms with Crippen molar-refractivity contribution in [2.45, 2.75) is 19.1 Å². The molecule has 4 N–H and O–H groups in total. The summed E-state index contributed by atoms with van der Waals surface area (Å²) in [6.45, 7) is 0.782. The smallest absolute Gasteiger partial charge is 0.273 e. The summed E-state index contributed by atoms with van der Waals surface area (Å²) in [5, 5.41) is 6.14. The van der Waals surface area contributed by atoms with Gasteiger partial charge < -0.3 is 21.1 Å². The number of nitrogen functional groups attached to an aromatic ring is 1. The third-order valence-corrected chi connectivity index (χ3v) is 5.14. The third kappa shape index (κ3) is 6.03. The minimum Gasteiger partial charge on any atom is -0.382 e. The number of nitrogens with one attached hydrogen (secondary N) is 2. The molecule has 0 fully saturated rings. The molecule has 0 saturated heterocycles. The number of anilines is 1. The molecule has 0 bridgehead atoms. The summed E-state index contributed by atoms with van der Waals surface area (Å²) in [5.41, 5.74) is 8.37. The molecule has 8 nitrogen and oxygen atoms in total. The number of nitrogens with two attached hydrogens (primary N) is 1. The fraction of sp³-hybridized carbons (Fsp3) is 0.217. The monoisotopic (exact) mass is 453 g/mol. The summed E-state index contributed by atoms with van der Waals surface area (Å²) in [4.78, 5) is 32.5. The topological polar surface area (TPSA) is 119 Å². The number of halogens is 1. The van der Waals surface area contributed by atoms with Gasteiger partial charge >= 0.3 is 0 Å². The Kier molecular flexibility index (Phi) is 8.13. The van der Waals surface area contributed by atoms with Crippen LogP contribution < -0.4 is 16.4 Å². The summed E-state index contributed by atoms with van der Waals surface area (Å²) < 4.78 is 5.34. The van der Waals surface area contributed by atoms with Crippen LogP contribution in [-0.2, 0) is 22.5 Å². The van der Waals surface area contributed by atoms with Crippen LogP contribution >= 0.6 is 11.6 Å². The van der Waals surface area contributed by atoms with Crippen molar-refractivity contribution in [2.24, 2.45) is 0 Å². The first kappa shape index (κ1) is 23.2. The van der Waals surface area contributed by atoms with Gasteiger partial charge in [-0.2, -0.15) is 0 Å². The fourth-order valence-electron chi connectivity index (χ4n) is 3.10. The molecule has 0 aliphatic carbocycles. The van der Waals surface area contributed by atoms with Gasteiger partial charge in [-0.3, -0.25) is 9.59 Å². The number of nitrogens with zero attached hydrogens (tertiary/aromatic N) is 2. The van der Waals surface area contributed by atoms with Gasteiger partial charge in [0.1, 0.15) is 0 Å². The Labute approximate surface area is 191 Å². The number of carbonyl (C=O) groups excluding carboxylic acids is 2. The lowest BCUT2D eigenvalue weighted by Crippen LogP contribution is -2.32. The van der Waals surface area contributed by atoms with Crippen molar-refractivity contribution in [3.8, 4) is 0 Å². The molecule has 0 aliphatic rings. The van der Waals surface area contributed by atoms with Crippen molar-refractivity contribution in [1.82, 2.24) is 20.6 Å². The van der Waals surface area contributed by atoms with Crippen molar-refractivity contribution in [1.29, 1.82) is 0 Å². The maximum atomic E-state index is 12.5. The summed E-state index contributed by atoms with van der Waals surface area (Å²) in [6, 6.07) is 14.8. The summed E-state index contributed by atoms with van der Waals surface area (Å²) in [5.74, 6) is -0.538. The van der Waals surface area contributed by atoms with Crippen LogP contribution in [0.25, 0.3) is 0 Å². The average molecular weight is 454 g/mol. The molecule has 0 aliphatic heterocycles. The van der Waals surface area contributed by atoms with Crippen molar-refractivity contribution in [3.05, 3.63) is 88.3 Å². The molecule has 2 aromatic carbocycles. The van der Waals surface area contributed by atoms with Gasteiger partial charge in [0.25, 0.3) is 11.8 Å². The lowest BCUT2D eigenvalue weighted by atomic mass is 10.1. The minimum atomic E-state index is -0.766. The zero-order chi connectivity index (χ0) is 22.9. The van der Waals surface area contributed by atoms with Crippen LogP contribution in [0.4, 0.5) is 5.82 Å². The maximum Gasteiger partial charge on any atom is 0.273 e. The van der Waals surface area contributed by atoms with Crippen LogP contribution in [0.1, 0.15) is 33.3 Å². The van der Waals surface area contributed by atoms with Crippen molar-refractivity contribution >= 4 is 29.2 Å². The van der Waals surface area contributed by atoms with E-state index < -0.39 is 6.10 Å². The Morgan fingerprint density at radius 1 is 1.03 bits per heavy atom. The van der Waals surface area contributed by atoms with Crippen LogP contribution in [0.15, 0.2) is 60.9 Å². The van der Waals surface area contributed by atoms with Gasteiger partial charge in [-0.15, -0.1) is 0 Å². The van der Waals surface area contributed by atoms with E-state index in [4.69, 9.17) is 22.1 Å². The first-order valence-corrected chi connectivity index (χ1v) is 10.3. The van der Waals surface area contributed by atoms with Crippen molar-refractivity contribution in [3.63, 3.8) is 0 Å². The zero-order valence-electron chi connectivity index (χ0n) is 17.5. The largest absolute Gasteiger partial charge is 0.382 e. The molecule has 3 rings (SSSR count). The molecule has 1 aromatic heterocycles. The van der Waals surface area contributed by atoms with E-state index in [1.54, 1.807) is 18.2 Å². The standard InChI is InChI=1S/C23H24ClN5O3/c1-32-20(17-4-2-3-5-18(17)24)23(31)28-11-10-15-6-8-16(9-7-15)14-29-22(30)19-21(25)27-13-12-26-19/h2-9,12-13,20H,10-11,14H2,1H3,(H2,25,27)(H,28,31)(H,29,30). The molecule has 32 heavy (non-hydrogen) atoms. The van der Waals surface area contributed by atoms with Crippen molar-refractivity contribution in [2.75, 3.05) is 19.4 Å². The lowest BCUT2D eigenvalue weighted by Gasteiger charge is -2.17. The second kappa shape index (κ2) is 11.2. The third-order valence-electron chi connectivity index (χ3n) is 4.79. The van der Waals surface area contributed by atoms with Gasteiger partial charge in [-0.1, -0.05) is 54.1 Å². The molecule has 166 valence electrons. The number of amides is 2. The van der Waals surface area contributed by atoms with Gasteiger partial charge in [-0.05, 0) is 23.6 Å². The van der Waals surface area contributed by atoms with E-state index in [1.165, 1.54) is 19.5 Å². The van der Waals surface area contributed by atoms with E-state index in [2.05, 4.69) is 20.6 Å². The number of rotatable bonds is 9. The number of hydrogen-bond acceptors (Lipinski definition) is 6. The molecule has 0 radical (unpaired) electrons. The van der Waals surface area contributed by atoms with E-state index in [1.807, 2.05) is 30.3 Å². The SMILES string of the molecule is COC(C(=O)NCCc1ccc(CNC(=O)c2nccnc2N)cc1)c1ccccc1Cl. The molecular weight excluding hydrogens is 430 g/mol. The highest BCUT2D eigenvalue weighted by Gasteiger charge is 2.21. The molecule has 0 saturated carbocycles. The van der Waals surface area contributed by atoms with Gasteiger partial charge in [0.05, 0.1) is 0 Å². The van der Waals surface area contributed by atoms with Crippen LogP contribution in [0.5, 0.6) is 0 Å². The molecule has 2 amide bonds. The number of aromatic nitrogens is 2. The second-order valence-corrected chi connectivity index (χ2v) is 7.37. The highest BCUT2D eigenvalue weighted by molar-refractivity contribution is 6.31.